The van der Waals surface area contributed by atoms with Crippen molar-refractivity contribution in [2.75, 3.05) is 13.1 Å². The van der Waals surface area contributed by atoms with Crippen LogP contribution in [0.1, 0.15) is 63.2 Å². The molecule has 138 valence electrons. The number of carbonyl (C=O) groups excluding carboxylic acids is 1. The Morgan fingerprint density at radius 3 is 2.62 bits per heavy atom. The van der Waals surface area contributed by atoms with Crippen LogP contribution in [0.15, 0.2) is 28.8 Å². The number of piperidine rings is 1. The Bertz CT molecular complexity index is 716. The second kappa shape index (κ2) is 7.98. The number of nitrogens with zero attached hydrogens (tertiary/aromatic N) is 4. The van der Waals surface area contributed by atoms with Crippen LogP contribution in [0.5, 0.6) is 0 Å². The van der Waals surface area contributed by atoms with Crippen molar-refractivity contribution in [3.8, 4) is 11.6 Å². The van der Waals surface area contributed by atoms with Gasteiger partial charge in [0.25, 0.3) is 5.89 Å². The van der Waals surface area contributed by atoms with E-state index in [0.717, 1.165) is 32.4 Å². The molecule has 2 aliphatic rings. The lowest BCUT2D eigenvalue weighted by Gasteiger charge is -2.32. The van der Waals surface area contributed by atoms with E-state index in [9.17, 15) is 4.79 Å². The fourth-order valence-corrected chi connectivity index (χ4v) is 4.14. The highest BCUT2D eigenvalue weighted by Crippen LogP contribution is 2.31. The number of hydrogen-bond acceptors (Lipinski definition) is 5. The molecule has 4 rings (SSSR count). The Labute approximate surface area is 154 Å². The SMILES string of the molecule is O=C(CC1CCCCC1)N1CCC(c2nnc(-c3ccccn3)o2)CC1. The lowest BCUT2D eigenvalue weighted by atomic mass is 9.86. The lowest BCUT2D eigenvalue weighted by Crippen LogP contribution is -2.38. The summed E-state index contributed by atoms with van der Waals surface area (Å²) in [5, 5.41) is 8.35. The first kappa shape index (κ1) is 17.2. The Morgan fingerprint density at radius 1 is 1.08 bits per heavy atom. The second-order valence-corrected chi connectivity index (χ2v) is 7.52. The molecule has 6 nitrogen and oxygen atoms in total. The van der Waals surface area contributed by atoms with Crippen LogP contribution in [0, 0.1) is 5.92 Å². The first-order chi connectivity index (χ1) is 12.8. The maximum absolute atomic E-state index is 12.6. The van der Waals surface area contributed by atoms with Crippen LogP contribution in [0.25, 0.3) is 11.6 Å². The molecular formula is C20H26N4O2. The van der Waals surface area contributed by atoms with Gasteiger partial charge in [-0.15, -0.1) is 10.2 Å². The van der Waals surface area contributed by atoms with E-state index in [0.29, 0.717) is 29.3 Å². The smallest absolute Gasteiger partial charge is 0.266 e. The summed E-state index contributed by atoms with van der Waals surface area (Å²) < 4.78 is 5.84. The van der Waals surface area contributed by atoms with Crippen LogP contribution in [0.3, 0.4) is 0 Å². The first-order valence-corrected chi connectivity index (χ1v) is 9.82. The Morgan fingerprint density at radius 2 is 1.88 bits per heavy atom. The Hall–Kier alpha value is -2.24. The monoisotopic (exact) mass is 354 g/mol. The number of rotatable bonds is 4. The summed E-state index contributed by atoms with van der Waals surface area (Å²) in [6, 6.07) is 5.63. The third kappa shape index (κ3) is 3.94. The fraction of sp³-hybridized carbons (Fsp3) is 0.600. The lowest BCUT2D eigenvalue weighted by molar-refractivity contribution is -0.133. The molecule has 1 aliphatic carbocycles. The predicted molar refractivity (Wildman–Crippen MR) is 97.3 cm³/mol. The average Bonchev–Trinajstić information content (AvgIpc) is 3.20. The van der Waals surface area contributed by atoms with Crippen molar-refractivity contribution in [3.05, 3.63) is 30.3 Å². The quantitative estimate of drug-likeness (QED) is 0.835. The third-order valence-corrected chi connectivity index (χ3v) is 5.71. The van der Waals surface area contributed by atoms with E-state index in [4.69, 9.17) is 4.42 Å². The van der Waals surface area contributed by atoms with Crippen molar-refractivity contribution in [2.24, 2.45) is 5.92 Å². The number of amides is 1. The Kier molecular flexibility index (Phi) is 5.27. The molecule has 0 bridgehead atoms. The van der Waals surface area contributed by atoms with Gasteiger partial charge in [0.2, 0.25) is 11.8 Å². The van der Waals surface area contributed by atoms with Crippen LogP contribution in [0.4, 0.5) is 0 Å². The van der Waals surface area contributed by atoms with E-state index in [2.05, 4.69) is 15.2 Å². The van der Waals surface area contributed by atoms with E-state index >= 15 is 0 Å². The summed E-state index contributed by atoms with van der Waals surface area (Å²) in [4.78, 5) is 18.8. The van der Waals surface area contributed by atoms with Crippen LogP contribution < -0.4 is 0 Å². The Balaban J connectivity index is 1.31. The van der Waals surface area contributed by atoms with Crippen LogP contribution >= 0.6 is 0 Å². The number of hydrogen-bond donors (Lipinski definition) is 0. The van der Waals surface area contributed by atoms with E-state index < -0.39 is 0 Å². The normalized spacial score (nSPS) is 19.6. The molecule has 0 radical (unpaired) electrons. The molecule has 2 aromatic rings. The van der Waals surface area contributed by atoms with Gasteiger partial charge in [-0.25, -0.2) is 0 Å². The molecule has 2 aromatic heterocycles. The molecule has 1 saturated carbocycles. The van der Waals surface area contributed by atoms with Gasteiger partial charge in [-0.05, 0) is 43.7 Å². The third-order valence-electron chi connectivity index (χ3n) is 5.71. The highest BCUT2D eigenvalue weighted by atomic mass is 16.4. The standard InChI is InChI=1S/C20H26N4O2/c25-18(14-15-6-2-1-3-7-15)24-12-9-16(10-13-24)19-22-23-20(26-19)17-8-4-5-11-21-17/h4-5,8,11,15-16H,1-3,6-7,9-10,12-14H2. The summed E-state index contributed by atoms with van der Waals surface area (Å²) in [5.41, 5.74) is 0.700. The highest BCUT2D eigenvalue weighted by Gasteiger charge is 2.28. The van der Waals surface area contributed by atoms with Crippen molar-refractivity contribution in [2.45, 2.75) is 57.3 Å². The van der Waals surface area contributed by atoms with Crippen LogP contribution in [-0.2, 0) is 4.79 Å². The van der Waals surface area contributed by atoms with Gasteiger partial charge >= 0.3 is 0 Å². The van der Waals surface area contributed by atoms with Crippen LogP contribution in [0.2, 0.25) is 0 Å². The van der Waals surface area contributed by atoms with Crippen molar-refractivity contribution >= 4 is 5.91 Å². The largest absolute Gasteiger partial charge is 0.419 e. The zero-order chi connectivity index (χ0) is 17.8. The van der Waals surface area contributed by atoms with Crippen molar-refractivity contribution in [1.29, 1.82) is 0 Å². The molecule has 0 unspecified atom stereocenters. The van der Waals surface area contributed by atoms with Gasteiger partial charge < -0.3 is 9.32 Å². The minimum atomic E-state index is 0.235. The van der Waals surface area contributed by atoms with Gasteiger partial charge in [0, 0.05) is 31.6 Å². The van der Waals surface area contributed by atoms with Gasteiger partial charge in [-0.2, -0.15) is 0 Å². The van der Waals surface area contributed by atoms with Gasteiger partial charge in [0.05, 0.1) is 0 Å². The van der Waals surface area contributed by atoms with Gasteiger partial charge in [0.1, 0.15) is 5.69 Å². The number of likely N-dealkylation sites (tertiary alicyclic amines) is 1. The molecule has 0 N–H and O–H groups in total. The predicted octanol–water partition coefficient (Wildman–Crippen LogP) is 3.81. The molecule has 0 spiro atoms. The first-order valence-electron chi connectivity index (χ1n) is 9.82. The molecule has 26 heavy (non-hydrogen) atoms. The zero-order valence-electron chi connectivity index (χ0n) is 15.1. The molecule has 0 atom stereocenters. The van der Waals surface area contributed by atoms with Crippen LogP contribution in [-0.4, -0.2) is 39.1 Å². The summed E-state index contributed by atoms with van der Waals surface area (Å²) in [6.07, 6.45) is 10.6. The highest BCUT2D eigenvalue weighted by molar-refractivity contribution is 5.76. The topological polar surface area (TPSA) is 72.1 Å². The number of carbonyl (C=O) groups is 1. The summed E-state index contributed by atoms with van der Waals surface area (Å²) >= 11 is 0. The maximum Gasteiger partial charge on any atom is 0.266 e. The number of aromatic nitrogens is 3. The van der Waals surface area contributed by atoms with E-state index in [-0.39, 0.29) is 5.92 Å². The molecule has 0 aromatic carbocycles. The molecule has 2 fully saturated rings. The van der Waals surface area contributed by atoms with E-state index in [1.54, 1.807) is 6.20 Å². The second-order valence-electron chi connectivity index (χ2n) is 7.52. The summed E-state index contributed by atoms with van der Waals surface area (Å²) in [5.74, 6) is 2.31. The van der Waals surface area contributed by atoms with Gasteiger partial charge in [-0.1, -0.05) is 25.3 Å². The minimum Gasteiger partial charge on any atom is -0.419 e. The van der Waals surface area contributed by atoms with E-state index in [1.165, 1.54) is 32.1 Å². The number of pyridine rings is 1. The van der Waals surface area contributed by atoms with Crippen molar-refractivity contribution in [1.82, 2.24) is 20.1 Å². The average molecular weight is 354 g/mol. The van der Waals surface area contributed by atoms with Crippen molar-refractivity contribution in [3.63, 3.8) is 0 Å². The summed E-state index contributed by atoms with van der Waals surface area (Å²) in [6.45, 7) is 1.58. The maximum atomic E-state index is 12.6. The molecule has 6 heteroatoms. The minimum absolute atomic E-state index is 0.235. The van der Waals surface area contributed by atoms with Gasteiger partial charge in [-0.3, -0.25) is 9.78 Å². The molecule has 3 heterocycles. The van der Waals surface area contributed by atoms with E-state index in [1.807, 2.05) is 23.1 Å². The van der Waals surface area contributed by atoms with Crippen molar-refractivity contribution < 1.29 is 9.21 Å². The molecular weight excluding hydrogens is 328 g/mol. The molecule has 1 amide bonds. The fourth-order valence-electron chi connectivity index (χ4n) is 4.14. The summed E-state index contributed by atoms with van der Waals surface area (Å²) in [7, 11) is 0. The zero-order valence-corrected chi connectivity index (χ0v) is 15.1. The van der Waals surface area contributed by atoms with Gasteiger partial charge in [0.15, 0.2) is 0 Å². The molecule has 1 saturated heterocycles. The molecule has 1 aliphatic heterocycles.